The van der Waals surface area contributed by atoms with Gasteiger partial charge in [0.2, 0.25) is 0 Å². The van der Waals surface area contributed by atoms with Crippen molar-refractivity contribution < 1.29 is 0 Å². The van der Waals surface area contributed by atoms with E-state index in [1.165, 1.54) is 18.5 Å². The van der Waals surface area contributed by atoms with E-state index in [0.29, 0.717) is 0 Å². The molecule has 0 unspecified atom stereocenters. The highest BCUT2D eigenvalue weighted by molar-refractivity contribution is 5.20. The molecule has 1 fully saturated rings. The third-order valence-electron chi connectivity index (χ3n) is 2.81. The Kier molecular flexibility index (Phi) is 2.58. The first-order valence-corrected chi connectivity index (χ1v) is 4.43. The molecule has 1 rings (SSSR count). The zero-order valence-electron chi connectivity index (χ0n) is 8.01. The second kappa shape index (κ2) is 3.31. The van der Waals surface area contributed by atoms with Crippen molar-refractivity contribution in [1.29, 1.82) is 0 Å². The molecule has 2 nitrogen and oxygen atoms in total. The Morgan fingerprint density at radius 3 is 2.50 bits per heavy atom. The van der Waals surface area contributed by atoms with Gasteiger partial charge in [-0.05, 0) is 25.8 Å². The summed E-state index contributed by atoms with van der Waals surface area (Å²) in [6, 6.07) is 0. The van der Waals surface area contributed by atoms with Gasteiger partial charge in [-0.15, -0.1) is 0 Å². The molecule has 0 radical (unpaired) electrons. The summed E-state index contributed by atoms with van der Waals surface area (Å²) in [6.45, 7) is 6.55. The fourth-order valence-corrected chi connectivity index (χ4v) is 1.54. The molecule has 0 spiro atoms. The van der Waals surface area contributed by atoms with Crippen LogP contribution in [0.1, 0.15) is 19.8 Å². The molecule has 68 valence electrons. The standard InChI is InChI=1S/C10H18N2/c1-4-9(5-2)12(3)10(8-11)6-7-10/h4-5H,1,6-8,11H2,2-3H3/b9-5+. The molecule has 0 aromatic rings. The molecular weight excluding hydrogens is 148 g/mol. The number of nitrogens with zero attached hydrogens (tertiary/aromatic N) is 1. The van der Waals surface area contributed by atoms with Crippen LogP contribution in [0.3, 0.4) is 0 Å². The van der Waals surface area contributed by atoms with Gasteiger partial charge in [0.15, 0.2) is 0 Å². The van der Waals surface area contributed by atoms with E-state index < -0.39 is 0 Å². The lowest BCUT2D eigenvalue weighted by molar-refractivity contribution is 0.296. The average Bonchev–Trinajstić information content (AvgIpc) is 2.86. The molecule has 0 aliphatic heterocycles. The third-order valence-corrected chi connectivity index (χ3v) is 2.81. The Labute approximate surface area is 74.7 Å². The zero-order valence-corrected chi connectivity index (χ0v) is 8.01. The number of nitrogens with two attached hydrogens (primary N) is 1. The van der Waals surface area contributed by atoms with Gasteiger partial charge in [-0.1, -0.05) is 12.7 Å². The van der Waals surface area contributed by atoms with Gasteiger partial charge < -0.3 is 10.6 Å². The molecule has 0 bridgehead atoms. The molecule has 0 aromatic heterocycles. The van der Waals surface area contributed by atoms with Crippen LogP contribution in [-0.2, 0) is 0 Å². The Morgan fingerprint density at radius 1 is 1.67 bits per heavy atom. The van der Waals surface area contributed by atoms with Crippen LogP contribution in [0.4, 0.5) is 0 Å². The van der Waals surface area contributed by atoms with E-state index in [1.54, 1.807) is 0 Å². The molecule has 12 heavy (non-hydrogen) atoms. The van der Waals surface area contributed by atoms with E-state index in [4.69, 9.17) is 5.73 Å². The SMILES string of the molecule is C=C/C(=C\C)N(C)C1(CN)CC1. The summed E-state index contributed by atoms with van der Waals surface area (Å²) in [5.74, 6) is 0. The van der Waals surface area contributed by atoms with Crippen LogP contribution in [0.15, 0.2) is 24.4 Å². The topological polar surface area (TPSA) is 29.3 Å². The van der Waals surface area contributed by atoms with E-state index >= 15 is 0 Å². The molecular formula is C10H18N2. The van der Waals surface area contributed by atoms with Crippen LogP contribution in [0.2, 0.25) is 0 Å². The molecule has 0 heterocycles. The minimum atomic E-state index is 0.246. The van der Waals surface area contributed by atoms with E-state index in [0.717, 1.165) is 6.54 Å². The van der Waals surface area contributed by atoms with Crippen molar-refractivity contribution in [2.45, 2.75) is 25.3 Å². The van der Waals surface area contributed by atoms with Crippen molar-refractivity contribution >= 4 is 0 Å². The second-order valence-electron chi connectivity index (χ2n) is 3.41. The zero-order chi connectivity index (χ0) is 9.19. The summed E-state index contributed by atoms with van der Waals surface area (Å²) >= 11 is 0. The number of hydrogen-bond donors (Lipinski definition) is 1. The summed E-state index contributed by atoms with van der Waals surface area (Å²) in [7, 11) is 2.09. The van der Waals surface area contributed by atoms with E-state index in [1.807, 2.05) is 13.0 Å². The lowest BCUT2D eigenvalue weighted by atomic mass is 10.2. The smallest absolute Gasteiger partial charge is 0.0522 e. The normalized spacial score (nSPS) is 20.4. The first-order valence-electron chi connectivity index (χ1n) is 4.43. The van der Waals surface area contributed by atoms with Crippen LogP contribution in [-0.4, -0.2) is 24.0 Å². The maximum absolute atomic E-state index is 5.71. The van der Waals surface area contributed by atoms with Crippen molar-refractivity contribution in [1.82, 2.24) is 4.90 Å². The predicted octanol–water partition coefficient (Wildman–Crippen LogP) is 1.50. The van der Waals surface area contributed by atoms with Gasteiger partial charge in [-0.25, -0.2) is 0 Å². The first kappa shape index (κ1) is 9.33. The van der Waals surface area contributed by atoms with Crippen molar-refractivity contribution in [3.05, 3.63) is 24.4 Å². The molecule has 0 atom stereocenters. The van der Waals surface area contributed by atoms with Crippen LogP contribution >= 0.6 is 0 Å². The van der Waals surface area contributed by atoms with Crippen molar-refractivity contribution in [3.63, 3.8) is 0 Å². The molecule has 2 N–H and O–H groups in total. The lowest BCUT2D eigenvalue weighted by Gasteiger charge is -2.29. The van der Waals surface area contributed by atoms with Gasteiger partial charge in [0.1, 0.15) is 0 Å². The summed E-state index contributed by atoms with van der Waals surface area (Å²) < 4.78 is 0. The maximum atomic E-state index is 5.71. The minimum Gasteiger partial charge on any atom is -0.368 e. The first-order chi connectivity index (χ1) is 5.70. The molecule has 1 aliphatic rings. The van der Waals surface area contributed by atoms with Gasteiger partial charge in [-0.2, -0.15) is 0 Å². The number of hydrogen-bond acceptors (Lipinski definition) is 2. The average molecular weight is 166 g/mol. The predicted molar refractivity (Wildman–Crippen MR) is 52.7 cm³/mol. The second-order valence-corrected chi connectivity index (χ2v) is 3.41. The summed E-state index contributed by atoms with van der Waals surface area (Å²) in [5, 5.41) is 0. The number of allylic oxidation sites excluding steroid dienone is 2. The van der Waals surface area contributed by atoms with Gasteiger partial charge in [-0.3, -0.25) is 0 Å². The van der Waals surface area contributed by atoms with Crippen LogP contribution in [0, 0.1) is 0 Å². The van der Waals surface area contributed by atoms with Crippen LogP contribution in [0.5, 0.6) is 0 Å². The number of likely N-dealkylation sites (N-methyl/N-ethyl adjacent to an activating group) is 1. The van der Waals surface area contributed by atoms with Crippen molar-refractivity contribution in [3.8, 4) is 0 Å². The summed E-state index contributed by atoms with van der Waals surface area (Å²) in [4.78, 5) is 2.25. The largest absolute Gasteiger partial charge is 0.368 e. The fraction of sp³-hybridized carbons (Fsp3) is 0.600. The van der Waals surface area contributed by atoms with E-state index in [2.05, 4.69) is 24.6 Å². The van der Waals surface area contributed by atoms with Crippen molar-refractivity contribution in [2.24, 2.45) is 5.73 Å². The monoisotopic (exact) mass is 166 g/mol. The molecule has 1 aliphatic carbocycles. The molecule has 1 saturated carbocycles. The summed E-state index contributed by atoms with van der Waals surface area (Å²) in [6.07, 6.45) is 6.38. The van der Waals surface area contributed by atoms with Gasteiger partial charge >= 0.3 is 0 Å². The van der Waals surface area contributed by atoms with Crippen LogP contribution < -0.4 is 5.73 Å². The van der Waals surface area contributed by atoms with Crippen LogP contribution in [0.25, 0.3) is 0 Å². The molecule has 0 saturated heterocycles. The fourth-order valence-electron chi connectivity index (χ4n) is 1.54. The minimum absolute atomic E-state index is 0.246. The van der Waals surface area contributed by atoms with Gasteiger partial charge in [0.05, 0.1) is 5.54 Å². The van der Waals surface area contributed by atoms with Gasteiger partial charge in [0, 0.05) is 19.3 Å². The Bertz CT molecular complexity index is 202. The highest BCUT2D eigenvalue weighted by Gasteiger charge is 2.45. The van der Waals surface area contributed by atoms with Gasteiger partial charge in [0.25, 0.3) is 0 Å². The molecule has 0 aromatic carbocycles. The lowest BCUT2D eigenvalue weighted by Crippen LogP contribution is -2.39. The number of rotatable bonds is 4. The van der Waals surface area contributed by atoms with E-state index in [9.17, 15) is 0 Å². The molecule has 0 amide bonds. The molecule has 2 heteroatoms. The van der Waals surface area contributed by atoms with Crippen molar-refractivity contribution in [2.75, 3.05) is 13.6 Å². The Balaban J connectivity index is 2.69. The van der Waals surface area contributed by atoms with E-state index in [-0.39, 0.29) is 5.54 Å². The maximum Gasteiger partial charge on any atom is 0.0522 e. The highest BCUT2D eigenvalue weighted by atomic mass is 15.2. The Morgan fingerprint density at radius 2 is 2.25 bits per heavy atom. The third kappa shape index (κ3) is 1.39. The Hall–Kier alpha value is -0.760. The quantitative estimate of drug-likeness (QED) is 0.641. The highest BCUT2D eigenvalue weighted by Crippen LogP contribution is 2.41. The summed E-state index contributed by atoms with van der Waals surface area (Å²) in [5.41, 5.74) is 7.14.